The maximum Gasteiger partial charge on any atom is 0.254 e. The van der Waals surface area contributed by atoms with Gasteiger partial charge in [-0.2, -0.15) is 0 Å². The third-order valence-corrected chi connectivity index (χ3v) is 2.63. The standard InChI is InChI=1S/C11H10BrNO2/c1-6-3-7-4-8(12)5-9(10(7)15-6)11(14)13-2/h3-5H,1-2H3,(H,13,14). The number of carbonyl (C=O) groups is 1. The fourth-order valence-corrected chi connectivity index (χ4v) is 2.02. The lowest BCUT2D eigenvalue weighted by molar-refractivity contribution is 0.0963. The van der Waals surface area contributed by atoms with Gasteiger partial charge in [0.05, 0.1) is 5.56 Å². The van der Waals surface area contributed by atoms with Crippen LogP contribution in [0.15, 0.2) is 27.1 Å². The molecule has 2 aromatic rings. The van der Waals surface area contributed by atoms with Gasteiger partial charge in [0, 0.05) is 16.9 Å². The van der Waals surface area contributed by atoms with E-state index in [9.17, 15) is 4.79 Å². The van der Waals surface area contributed by atoms with Crippen LogP contribution in [0.5, 0.6) is 0 Å². The summed E-state index contributed by atoms with van der Waals surface area (Å²) in [4.78, 5) is 11.6. The van der Waals surface area contributed by atoms with Crippen LogP contribution in [0.1, 0.15) is 16.1 Å². The number of rotatable bonds is 1. The van der Waals surface area contributed by atoms with Crippen molar-refractivity contribution in [1.29, 1.82) is 0 Å². The molecule has 0 radical (unpaired) electrons. The van der Waals surface area contributed by atoms with Gasteiger partial charge in [-0.25, -0.2) is 0 Å². The van der Waals surface area contributed by atoms with E-state index in [2.05, 4.69) is 21.2 Å². The molecule has 1 aromatic carbocycles. The van der Waals surface area contributed by atoms with Crippen LogP contribution in [-0.2, 0) is 0 Å². The van der Waals surface area contributed by atoms with Gasteiger partial charge in [0.15, 0.2) is 0 Å². The van der Waals surface area contributed by atoms with Crippen molar-refractivity contribution in [2.45, 2.75) is 6.92 Å². The molecule has 1 amide bonds. The summed E-state index contributed by atoms with van der Waals surface area (Å²) < 4.78 is 6.37. The monoisotopic (exact) mass is 267 g/mol. The molecular formula is C11H10BrNO2. The van der Waals surface area contributed by atoms with Gasteiger partial charge >= 0.3 is 0 Å². The van der Waals surface area contributed by atoms with Gasteiger partial charge in [0.25, 0.3) is 5.91 Å². The first-order valence-electron chi connectivity index (χ1n) is 4.53. The van der Waals surface area contributed by atoms with Crippen LogP contribution in [0.2, 0.25) is 0 Å². The number of nitrogens with one attached hydrogen (secondary N) is 1. The van der Waals surface area contributed by atoms with Crippen LogP contribution in [0.25, 0.3) is 11.0 Å². The highest BCUT2D eigenvalue weighted by molar-refractivity contribution is 9.10. The van der Waals surface area contributed by atoms with Crippen LogP contribution in [0.4, 0.5) is 0 Å². The summed E-state index contributed by atoms with van der Waals surface area (Å²) in [5.41, 5.74) is 1.19. The molecule has 1 heterocycles. The molecule has 1 aromatic heterocycles. The molecule has 0 aliphatic rings. The first-order valence-corrected chi connectivity index (χ1v) is 5.33. The summed E-state index contributed by atoms with van der Waals surface area (Å²) in [6.45, 7) is 1.86. The lowest BCUT2D eigenvalue weighted by atomic mass is 10.1. The molecule has 4 heteroatoms. The average Bonchev–Trinajstić information content (AvgIpc) is 2.55. The van der Waals surface area contributed by atoms with Crippen molar-refractivity contribution < 1.29 is 9.21 Å². The molecule has 3 nitrogen and oxygen atoms in total. The zero-order valence-electron chi connectivity index (χ0n) is 8.43. The van der Waals surface area contributed by atoms with Crippen LogP contribution < -0.4 is 5.32 Å². The molecule has 2 rings (SSSR count). The number of hydrogen-bond acceptors (Lipinski definition) is 2. The van der Waals surface area contributed by atoms with E-state index in [1.165, 1.54) is 0 Å². The molecule has 0 unspecified atom stereocenters. The maximum absolute atomic E-state index is 11.6. The smallest absolute Gasteiger partial charge is 0.254 e. The van der Waals surface area contributed by atoms with Gasteiger partial charge in [0.2, 0.25) is 0 Å². The van der Waals surface area contributed by atoms with Gasteiger partial charge < -0.3 is 9.73 Å². The molecular weight excluding hydrogens is 258 g/mol. The molecule has 0 spiro atoms. The lowest BCUT2D eigenvalue weighted by Crippen LogP contribution is -2.17. The molecule has 0 aliphatic carbocycles. The minimum Gasteiger partial charge on any atom is -0.461 e. The summed E-state index contributed by atoms with van der Waals surface area (Å²) in [5.74, 6) is 0.656. The summed E-state index contributed by atoms with van der Waals surface area (Å²) >= 11 is 3.37. The Morgan fingerprint density at radius 1 is 1.40 bits per heavy atom. The van der Waals surface area contributed by atoms with E-state index in [1.807, 2.05) is 19.1 Å². The van der Waals surface area contributed by atoms with E-state index >= 15 is 0 Å². The van der Waals surface area contributed by atoms with Gasteiger partial charge in [-0.3, -0.25) is 4.79 Å². The SMILES string of the molecule is CNC(=O)c1cc(Br)cc2cc(C)oc12. The minimum atomic E-state index is -0.143. The maximum atomic E-state index is 11.6. The Hall–Kier alpha value is -1.29. The van der Waals surface area contributed by atoms with Crippen LogP contribution >= 0.6 is 15.9 Å². The molecule has 0 saturated carbocycles. The Labute approximate surface area is 95.6 Å². The second-order valence-electron chi connectivity index (χ2n) is 3.31. The molecule has 0 fully saturated rings. The van der Waals surface area contributed by atoms with Crippen molar-refractivity contribution in [3.8, 4) is 0 Å². The van der Waals surface area contributed by atoms with Crippen molar-refractivity contribution in [1.82, 2.24) is 5.32 Å². The summed E-state index contributed by atoms with van der Waals surface area (Å²) in [6, 6.07) is 5.59. The third kappa shape index (κ3) is 1.77. The highest BCUT2D eigenvalue weighted by atomic mass is 79.9. The van der Waals surface area contributed by atoms with Crippen molar-refractivity contribution in [3.63, 3.8) is 0 Å². The van der Waals surface area contributed by atoms with Crippen molar-refractivity contribution in [2.24, 2.45) is 0 Å². The molecule has 78 valence electrons. The number of halogens is 1. The van der Waals surface area contributed by atoms with E-state index < -0.39 is 0 Å². The van der Waals surface area contributed by atoms with E-state index in [-0.39, 0.29) is 5.91 Å². The highest BCUT2D eigenvalue weighted by Gasteiger charge is 2.13. The summed E-state index contributed by atoms with van der Waals surface area (Å²) in [5, 5.41) is 3.52. The van der Waals surface area contributed by atoms with E-state index in [0.29, 0.717) is 11.1 Å². The van der Waals surface area contributed by atoms with Crippen LogP contribution in [0.3, 0.4) is 0 Å². The Morgan fingerprint density at radius 2 is 2.13 bits per heavy atom. The minimum absolute atomic E-state index is 0.143. The predicted octanol–water partition coefficient (Wildman–Crippen LogP) is 2.86. The Balaban J connectivity index is 2.75. The molecule has 15 heavy (non-hydrogen) atoms. The Bertz CT molecular complexity index is 531. The molecule has 0 bridgehead atoms. The van der Waals surface area contributed by atoms with E-state index in [1.54, 1.807) is 13.1 Å². The van der Waals surface area contributed by atoms with Crippen LogP contribution in [-0.4, -0.2) is 13.0 Å². The number of furan rings is 1. The molecule has 1 N–H and O–H groups in total. The summed E-state index contributed by atoms with van der Waals surface area (Å²) in [7, 11) is 1.60. The normalized spacial score (nSPS) is 10.6. The average molecular weight is 268 g/mol. The van der Waals surface area contributed by atoms with Crippen molar-refractivity contribution in [3.05, 3.63) is 34.0 Å². The van der Waals surface area contributed by atoms with E-state index in [4.69, 9.17) is 4.42 Å². The third-order valence-electron chi connectivity index (χ3n) is 2.18. The highest BCUT2D eigenvalue weighted by Crippen LogP contribution is 2.27. The fourth-order valence-electron chi connectivity index (χ4n) is 1.55. The lowest BCUT2D eigenvalue weighted by Gasteiger charge is -2.01. The number of aryl methyl sites for hydroxylation is 1. The zero-order valence-corrected chi connectivity index (χ0v) is 10.0. The van der Waals surface area contributed by atoms with Crippen molar-refractivity contribution >= 4 is 32.8 Å². The van der Waals surface area contributed by atoms with E-state index in [0.717, 1.165) is 15.6 Å². The predicted molar refractivity (Wildman–Crippen MR) is 62.0 cm³/mol. The van der Waals surface area contributed by atoms with Crippen LogP contribution in [0, 0.1) is 6.92 Å². The first-order chi connectivity index (χ1) is 7.11. The number of amides is 1. The van der Waals surface area contributed by atoms with Gasteiger partial charge in [-0.1, -0.05) is 15.9 Å². The first kappa shape index (κ1) is 10.2. The summed E-state index contributed by atoms with van der Waals surface area (Å²) in [6.07, 6.45) is 0. The molecule has 0 atom stereocenters. The topological polar surface area (TPSA) is 42.2 Å². The van der Waals surface area contributed by atoms with Gasteiger partial charge in [-0.15, -0.1) is 0 Å². The quantitative estimate of drug-likeness (QED) is 0.864. The number of benzene rings is 1. The Morgan fingerprint density at radius 3 is 2.80 bits per heavy atom. The van der Waals surface area contributed by atoms with Gasteiger partial charge in [-0.05, 0) is 25.1 Å². The molecule has 0 aliphatic heterocycles. The molecule has 0 saturated heterocycles. The number of fused-ring (bicyclic) bond motifs is 1. The number of hydrogen-bond donors (Lipinski definition) is 1. The second-order valence-corrected chi connectivity index (χ2v) is 4.22. The van der Waals surface area contributed by atoms with Crippen molar-refractivity contribution in [2.75, 3.05) is 7.05 Å². The largest absolute Gasteiger partial charge is 0.461 e. The fraction of sp³-hybridized carbons (Fsp3) is 0.182. The number of carbonyl (C=O) groups excluding carboxylic acids is 1. The van der Waals surface area contributed by atoms with Gasteiger partial charge in [0.1, 0.15) is 11.3 Å². The second kappa shape index (κ2) is 3.70. The Kier molecular flexibility index (Phi) is 2.52. The zero-order chi connectivity index (χ0) is 11.0.